The molecule has 0 atom stereocenters. The quantitative estimate of drug-likeness (QED) is 0.820. The topological polar surface area (TPSA) is 80.3 Å². The Morgan fingerprint density at radius 1 is 1.33 bits per heavy atom. The summed E-state index contributed by atoms with van der Waals surface area (Å²) in [5, 5.41) is 1.64. The summed E-state index contributed by atoms with van der Waals surface area (Å²) in [5.41, 5.74) is 0. The van der Waals surface area contributed by atoms with Crippen molar-refractivity contribution >= 4 is 31.2 Å². The lowest BCUT2D eigenvalue weighted by Crippen LogP contribution is -2.28. The fraction of sp³-hybridized carbons (Fsp3) is 0.429. The molecule has 0 saturated carbocycles. The van der Waals surface area contributed by atoms with Gasteiger partial charge in [-0.3, -0.25) is 0 Å². The fourth-order valence-electron chi connectivity index (χ4n) is 0.849. The molecule has 0 bridgehead atoms. The fourth-order valence-corrected chi connectivity index (χ4v) is 3.52. The molecule has 0 aliphatic carbocycles. The molecule has 0 spiro atoms. The van der Waals surface area contributed by atoms with Gasteiger partial charge in [0.1, 0.15) is 14.0 Å². The van der Waals surface area contributed by atoms with Gasteiger partial charge in [0.15, 0.2) is 0 Å². The highest BCUT2D eigenvalue weighted by molar-refractivity contribution is 7.92. The molecule has 0 amide bonds. The Morgan fingerprint density at radius 2 is 2.00 bits per heavy atom. The van der Waals surface area contributed by atoms with Crippen molar-refractivity contribution in [2.45, 2.75) is 4.21 Å². The Labute approximate surface area is 93.1 Å². The van der Waals surface area contributed by atoms with Crippen LogP contribution in [0.25, 0.3) is 0 Å². The summed E-state index contributed by atoms with van der Waals surface area (Å²) in [6, 6.07) is 3.09. The standard InChI is InChI=1S/C7H11NO4S3/c1-14(9,10)6-4-8-15(11,12)7-3-2-5-13-7/h2-3,5,8H,4,6H2,1H3. The van der Waals surface area contributed by atoms with Crippen LogP contribution in [0.1, 0.15) is 0 Å². The van der Waals surface area contributed by atoms with Crippen LogP contribution in [0.3, 0.4) is 0 Å². The third-order valence-electron chi connectivity index (χ3n) is 1.52. The van der Waals surface area contributed by atoms with Gasteiger partial charge < -0.3 is 0 Å². The first-order valence-electron chi connectivity index (χ1n) is 4.02. The van der Waals surface area contributed by atoms with E-state index in [4.69, 9.17) is 0 Å². The highest BCUT2D eigenvalue weighted by atomic mass is 32.2. The Morgan fingerprint density at radius 3 is 2.47 bits per heavy atom. The highest BCUT2D eigenvalue weighted by Gasteiger charge is 2.15. The van der Waals surface area contributed by atoms with Crippen LogP contribution in [0.5, 0.6) is 0 Å². The first-order valence-corrected chi connectivity index (χ1v) is 8.44. The van der Waals surface area contributed by atoms with E-state index in [-0.39, 0.29) is 16.5 Å². The van der Waals surface area contributed by atoms with E-state index in [1.807, 2.05) is 0 Å². The normalized spacial score (nSPS) is 12.9. The third kappa shape index (κ3) is 4.29. The molecule has 1 aromatic rings. The highest BCUT2D eigenvalue weighted by Crippen LogP contribution is 2.14. The van der Waals surface area contributed by atoms with Gasteiger partial charge >= 0.3 is 0 Å². The van der Waals surface area contributed by atoms with E-state index in [0.29, 0.717) is 0 Å². The van der Waals surface area contributed by atoms with Crippen LogP contribution in [0.4, 0.5) is 0 Å². The second kappa shape index (κ2) is 4.60. The lowest BCUT2D eigenvalue weighted by atomic mass is 10.7. The second-order valence-corrected chi connectivity index (χ2v) is 8.16. The van der Waals surface area contributed by atoms with Crippen LogP contribution in [0, 0.1) is 0 Å². The Hall–Kier alpha value is -0.440. The molecule has 5 nitrogen and oxygen atoms in total. The molecule has 0 saturated heterocycles. The van der Waals surface area contributed by atoms with Crippen molar-refractivity contribution in [3.63, 3.8) is 0 Å². The zero-order valence-electron chi connectivity index (χ0n) is 8.00. The number of sulfonamides is 1. The number of sulfone groups is 1. The monoisotopic (exact) mass is 269 g/mol. The lowest BCUT2D eigenvalue weighted by molar-refractivity contribution is 0.584. The summed E-state index contributed by atoms with van der Waals surface area (Å²) in [6.07, 6.45) is 1.06. The zero-order valence-corrected chi connectivity index (χ0v) is 10.5. The Bertz CT molecular complexity index is 500. The van der Waals surface area contributed by atoms with Gasteiger partial charge in [0.25, 0.3) is 0 Å². The van der Waals surface area contributed by atoms with E-state index >= 15 is 0 Å². The molecule has 0 unspecified atom stereocenters. The largest absolute Gasteiger partial charge is 0.250 e. The first-order chi connectivity index (χ1) is 6.81. The number of rotatable bonds is 5. The molecule has 0 aliphatic rings. The van der Waals surface area contributed by atoms with Crippen molar-refractivity contribution in [3.8, 4) is 0 Å². The molecule has 0 aromatic carbocycles. The lowest BCUT2D eigenvalue weighted by Gasteiger charge is -2.02. The minimum Gasteiger partial charge on any atom is -0.229 e. The van der Waals surface area contributed by atoms with Crippen molar-refractivity contribution in [1.82, 2.24) is 4.72 Å². The smallest absolute Gasteiger partial charge is 0.229 e. The number of hydrogen-bond donors (Lipinski definition) is 1. The van der Waals surface area contributed by atoms with Crippen molar-refractivity contribution in [1.29, 1.82) is 0 Å². The Balaban J connectivity index is 2.60. The molecular formula is C7H11NO4S3. The summed E-state index contributed by atoms with van der Waals surface area (Å²) >= 11 is 1.09. The number of hydrogen-bond acceptors (Lipinski definition) is 5. The summed E-state index contributed by atoms with van der Waals surface area (Å²) in [4.78, 5) is 0. The van der Waals surface area contributed by atoms with E-state index in [2.05, 4.69) is 4.72 Å². The van der Waals surface area contributed by atoms with Crippen LogP contribution in [-0.2, 0) is 19.9 Å². The molecule has 15 heavy (non-hydrogen) atoms. The van der Waals surface area contributed by atoms with Gasteiger partial charge in [-0.1, -0.05) is 6.07 Å². The predicted molar refractivity (Wildman–Crippen MR) is 59.2 cm³/mol. The summed E-state index contributed by atoms with van der Waals surface area (Å²) < 4.78 is 46.9. The zero-order chi connectivity index (χ0) is 11.5. The van der Waals surface area contributed by atoms with Crippen molar-refractivity contribution < 1.29 is 16.8 Å². The van der Waals surface area contributed by atoms with E-state index in [1.165, 1.54) is 6.07 Å². The van der Waals surface area contributed by atoms with Gasteiger partial charge in [0.05, 0.1) is 5.75 Å². The van der Waals surface area contributed by atoms with Crippen LogP contribution in [0.15, 0.2) is 21.7 Å². The third-order valence-corrected chi connectivity index (χ3v) is 5.33. The van der Waals surface area contributed by atoms with Gasteiger partial charge in [-0.05, 0) is 11.4 Å². The van der Waals surface area contributed by atoms with Crippen molar-refractivity contribution in [2.75, 3.05) is 18.6 Å². The molecule has 86 valence electrons. The number of thiophene rings is 1. The maximum atomic E-state index is 11.5. The molecule has 8 heteroatoms. The van der Waals surface area contributed by atoms with Gasteiger partial charge in [-0.2, -0.15) is 0 Å². The van der Waals surface area contributed by atoms with E-state index in [0.717, 1.165) is 17.6 Å². The summed E-state index contributed by atoms with van der Waals surface area (Å²) in [6.45, 7) is -0.0981. The Kier molecular flexibility index (Phi) is 3.87. The molecule has 0 radical (unpaired) electrons. The average Bonchev–Trinajstić information content (AvgIpc) is 2.52. The van der Waals surface area contributed by atoms with Gasteiger partial charge in [-0.25, -0.2) is 21.6 Å². The van der Waals surface area contributed by atoms with Crippen LogP contribution >= 0.6 is 11.3 Å². The molecular weight excluding hydrogens is 258 g/mol. The molecule has 1 heterocycles. The molecule has 0 aliphatic heterocycles. The number of nitrogens with one attached hydrogen (secondary N) is 1. The maximum Gasteiger partial charge on any atom is 0.250 e. The molecule has 1 rings (SSSR count). The van der Waals surface area contributed by atoms with Crippen molar-refractivity contribution in [3.05, 3.63) is 17.5 Å². The van der Waals surface area contributed by atoms with E-state index in [9.17, 15) is 16.8 Å². The summed E-state index contributed by atoms with van der Waals surface area (Å²) in [5.74, 6) is -0.197. The van der Waals surface area contributed by atoms with Gasteiger partial charge in [0.2, 0.25) is 10.0 Å². The SMILES string of the molecule is CS(=O)(=O)CCNS(=O)(=O)c1cccs1. The van der Waals surface area contributed by atoms with Crippen molar-refractivity contribution in [2.24, 2.45) is 0 Å². The first kappa shape index (κ1) is 12.6. The second-order valence-electron chi connectivity index (χ2n) is 2.96. The average molecular weight is 269 g/mol. The summed E-state index contributed by atoms with van der Waals surface area (Å²) in [7, 11) is -6.67. The van der Waals surface area contributed by atoms with Gasteiger partial charge in [-0.15, -0.1) is 11.3 Å². The maximum absolute atomic E-state index is 11.5. The molecule has 1 aromatic heterocycles. The minimum absolute atomic E-state index is 0.0981. The van der Waals surface area contributed by atoms with Crippen LogP contribution in [-0.4, -0.2) is 35.4 Å². The molecule has 0 fully saturated rings. The minimum atomic E-state index is -3.54. The van der Waals surface area contributed by atoms with Gasteiger partial charge in [0, 0.05) is 12.8 Å². The van der Waals surface area contributed by atoms with E-state index < -0.39 is 19.9 Å². The predicted octanol–water partition coefficient (Wildman–Crippen LogP) is 0.0710. The van der Waals surface area contributed by atoms with E-state index in [1.54, 1.807) is 11.4 Å². The van der Waals surface area contributed by atoms with Crippen LogP contribution in [0.2, 0.25) is 0 Å². The van der Waals surface area contributed by atoms with Crippen LogP contribution < -0.4 is 4.72 Å². The molecule has 1 N–H and O–H groups in total.